The third-order valence-electron chi connectivity index (χ3n) is 3.34. The van der Waals surface area contributed by atoms with Crippen LogP contribution in [0, 0.1) is 0 Å². The van der Waals surface area contributed by atoms with Gasteiger partial charge in [-0.3, -0.25) is 0 Å². The van der Waals surface area contributed by atoms with Crippen LogP contribution in [-0.2, 0) is 0 Å². The lowest BCUT2D eigenvalue weighted by molar-refractivity contribution is 0.340. The highest BCUT2D eigenvalue weighted by atomic mass is 16.5. The van der Waals surface area contributed by atoms with Gasteiger partial charge in [0.15, 0.2) is 0 Å². The highest BCUT2D eigenvalue weighted by Gasteiger charge is 2.09. The van der Waals surface area contributed by atoms with Gasteiger partial charge in [0.25, 0.3) is 0 Å². The van der Waals surface area contributed by atoms with E-state index in [0.29, 0.717) is 12.6 Å². The fraction of sp³-hybridized carbons (Fsp3) is 0.294. The highest BCUT2D eigenvalue weighted by Crippen LogP contribution is 2.29. The third kappa shape index (κ3) is 3.15. The number of rotatable bonds is 5. The Kier molecular flexibility index (Phi) is 4.58. The standard InChI is InChI=1S/C17H21NO/c1-4-19-15-11-9-14(10-12-15)17-8-6-5-7-16(17)13(2)18-3/h5-13,18H,4H2,1-3H3. The van der Waals surface area contributed by atoms with Gasteiger partial charge in [0.1, 0.15) is 5.75 Å². The van der Waals surface area contributed by atoms with Gasteiger partial charge in [-0.2, -0.15) is 0 Å². The number of hydrogen-bond donors (Lipinski definition) is 1. The predicted molar refractivity (Wildman–Crippen MR) is 80.5 cm³/mol. The van der Waals surface area contributed by atoms with E-state index in [1.807, 2.05) is 26.1 Å². The Balaban J connectivity index is 2.35. The Labute approximate surface area is 115 Å². The SMILES string of the molecule is CCOc1ccc(-c2ccccc2C(C)NC)cc1. The lowest BCUT2D eigenvalue weighted by atomic mass is 9.95. The van der Waals surface area contributed by atoms with Gasteiger partial charge in [-0.1, -0.05) is 36.4 Å². The van der Waals surface area contributed by atoms with E-state index in [0.717, 1.165) is 5.75 Å². The molecule has 19 heavy (non-hydrogen) atoms. The zero-order valence-electron chi connectivity index (χ0n) is 11.8. The van der Waals surface area contributed by atoms with Gasteiger partial charge in [-0.15, -0.1) is 0 Å². The fourth-order valence-electron chi connectivity index (χ4n) is 2.19. The summed E-state index contributed by atoms with van der Waals surface area (Å²) in [5, 5.41) is 3.30. The van der Waals surface area contributed by atoms with Crippen molar-refractivity contribution in [3.8, 4) is 16.9 Å². The average molecular weight is 255 g/mol. The molecule has 2 aromatic rings. The first-order chi connectivity index (χ1) is 9.26. The highest BCUT2D eigenvalue weighted by molar-refractivity contribution is 5.68. The van der Waals surface area contributed by atoms with Crippen LogP contribution in [0.1, 0.15) is 25.5 Å². The van der Waals surface area contributed by atoms with Gasteiger partial charge in [-0.25, -0.2) is 0 Å². The normalized spacial score (nSPS) is 12.2. The molecule has 2 nitrogen and oxygen atoms in total. The smallest absolute Gasteiger partial charge is 0.119 e. The Morgan fingerprint density at radius 2 is 1.74 bits per heavy atom. The summed E-state index contributed by atoms with van der Waals surface area (Å²) >= 11 is 0. The van der Waals surface area contributed by atoms with Crippen molar-refractivity contribution in [2.24, 2.45) is 0 Å². The fourth-order valence-corrected chi connectivity index (χ4v) is 2.19. The van der Waals surface area contributed by atoms with Gasteiger partial charge < -0.3 is 10.1 Å². The topological polar surface area (TPSA) is 21.3 Å². The molecule has 0 spiro atoms. The van der Waals surface area contributed by atoms with Crippen LogP contribution in [0.25, 0.3) is 11.1 Å². The molecule has 1 atom stereocenters. The van der Waals surface area contributed by atoms with E-state index in [-0.39, 0.29) is 0 Å². The molecule has 0 radical (unpaired) electrons. The number of ether oxygens (including phenoxy) is 1. The molecule has 1 unspecified atom stereocenters. The molecular weight excluding hydrogens is 234 g/mol. The second kappa shape index (κ2) is 6.39. The minimum atomic E-state index is 0.336. The molecule has 0 fully saturated rings. The molecular formula is C17H21NO. The zero-order chi connectivity index (χ0) is 13.7. The molecule has 0 aliphatic carbocycles. The van der Waals surface area contributed by atoms with Crippen LogP contribution < -0.4 is 10.1 Å². The van der Waals surface area contributed by atoms with Crippen LogP contribution in [0.5, 0.6) is 5.75 Å². The lowest BCUT2D eigenvalue weighted by Gasteiger charge is -2.16. The van der Waals surface area contributed by atoms with Gasteiger partial charge >= 0.3 is 0 Å². The van der Waals surface area contributed by atoms with Crippen LogP contribution in [0.2, 0.25) is 0 Å². The maximum Gasteiger partial charge on any atom is 0.119 e. The van der Waals surface area contributed by atoms with Gasteiger partial charge in [0.2, 0.25) is 0 Å². The zero-order valence-corrected chi connectivity index (χ0v) is 11.8. The minimum Gasteiger partial charge on any atom is -0.494 e. The maximum absolute atomic E-state index is 5.48. The summed E-state index contributed by atoms with van der Waals surface area (Å²) < 4.78 is 5.48. The first-order valence-corrected chi connectivity index (χ1v) is 6.75. The molecule has 0 saturated carbocycles. The van der Waals surface area contributed by atoms with Crippen LogP contribution in [0.3, 0.4) is 0 Å². The molecule has 0 aromatic heterocycles. The largest absolute Gasteiger partial charge is 0.494 e. The van der Waals surface area contributed by atoms with E-state index in [4.69, 9.17) is 4.74 Å². The van der Waals surface area contributed by atoms with Gasteiger partial charge in [-0.05, 0) is 49.7 Å². The Morgan fingerprint density at radius 3 is 2.37 bits per heavy atom. The second-order valence-electron chi connectivity index (χ2n) is 4.56. The first kappa shape index (κ1) is 13.6. The molecule has 100 valence electrons. The van der Waals surface area contributed by atoms with Crippen LogP contribution in [-0.4, -0.2) is 13.7 Å². The van der Waals surface area contributed by atoms with Crippen LogP contribution >= 0.6 is 0 Å². The number of hydrogen-bond acceptors (Lipinski definition) is 2. The number of benzene rings is 2. The van der Waals surface area contributed by atoms with Crippen molar-refractivity contribution < 1.29 is 4.74 Å². The van der Waals surface area contributed by atoms with E-state index in [9.17, 15) is 0 Å². The van der Waals surface area contributed by atoms with Crippen LogP contribution in [0.15, 0.2) is 48.5 Å². The first-order valence-electron chi connectivity index (χ1n) is 6.75. The van der Waals surface area contributed by atoms with E-state index in [1.54, 1.807) is 0 Å². The average Bonchev–Trinajstić information content (AvgIpc) is 2.47. The van der Waals surface area contributed by atoms with Crippen molar-refractivity contribution in [2.75, 3.05) is 13.7 Å². The van der Waals surface area contributed by atoms with Crippen LogP contribution in [0.4, 0.5) is 0 Å². The molecule has 0 aliphatic heterocycles. The lowest BCUT2D eigenvalue weighted by Crippen LogP contribution is -2.13. The third-order valence-corrected chi connectivity index (χ3v) is 3.34. The van der Waals surface area contributed by atoms with Gasteiger partial charge in [0.05, 0.1) is 6.61 Å². The van der Waals surface area contributed by atoms with Crippen molar-refractivity contribution in [2.45, 2.75) is 19.9 Å². The molecule has 0 amide bonds. The van der Waals surface area contributed by atoms with E-state index < -0.39 is 0 Å². The number of nitrogens with one attached hydrogen (secondary N) is 1. The molecule has 2 heteroatoms. The van der Waals surface area contributed by atoms with Crippen molar-refractivity contribution in [3.63, 3.8) is 0 Å². The second-order valence-corrected chi connectivity index (χ2v) is 4.56. The molecule has 2 rings (SSSR count). The summed E-state index contributed by atoms with van der Waals surface area (Å²) in [7, 11) is 1.99. The Bertz CT molecular complexity index is 519. The van der Waals surface area contributed by atoms with E-state index in [1.165, 1.54) is 16.7 Å². The van der Waals surface area contributed by atoms with Crippen molar-refractivity contribution in [1.29, 1.82) is 0 Å². The van der Waals surface area contributed by atoms with Crippen molar-refractivity contribution in [1.82, 2.24) is 5.32 Å². The minimum absolute atomic E-state index is 0.336. The molecule has 1 N–H and O–H groups in total. The Hall–Kier alpha value is -1.80. The molecule has 0 aliphatic rings. The molecule has 0 bridgehead atoms. The van der Waals surface area contributed by atoms with E-state index >= 15 is 0 Å². The summed E-state index contributed by atoms with van der Waals surface area (Å²) in [6.07, 6.45) is 0. The summed E-state index contributed by atoms with van der Waals surface area (Å²) in [5.41, 5.74) is 3.81. The van der Waals surface area contributed by atoms with Crippen molar-refractivity contribution >= 4 is 0 Å². The molecule has 2 aromatic carbocycles. The summed E-state index contributed by atoms with van der Waals surface area (Å²) in [6.45, 7) is 4.87. The quantitative estimate of drug-likeness (QED) is 0.871. The monoisotopic (exact) mass is 255 g/mol. The Morgan fingerprint density at radius 1 is 1.05 bits per heavy atom. The van der Waals surface area contributed by atoms with Gasteiger partial charge in [0, 0.05) is 6.04 Å². The van der Waals surface area contributed by atoms with E-state index in [2.05, 4.69) is 48.6 Å². The van der Waals surface area contributed by atoms with Crippen molar-refractivity contribution in [3.05, 3.63) is 54.1 Å². The molecule has 0 heterocycles. The summed E-state index contributed by atoms with van der Waals surface area (Å²) in [4.78, 5) is 0. The summed E-state index contributed by atoms with van der Waals surface area (Å²) in [6, 6.07) is 17.1. The predicted octanol–water partition coefficient (Wildman–Crippen LogP) is 4.03. The summed E-state index contributed by atoms with van der Waals surface area (Å²) in [5.74, 6) is 0.922. The molecule has 0 saturated heterocycles. The maximum atomic E-state index is 5.48.